The number of carbonyl (C=O) groups is 4. The van der Waals surface area contributed by atoms with E-state index in [1.54, 1.807) is 0 Å². The Morgan fingerprint density at radius 1 is 1.04 bits per heavy atom. The van der Waals surface area contributed by atoms with E-state index in [9.17, 15) is 19.2 Å². The highest BCUT2D eigenvalue weighted by Gasteiger charge is 2.28. The summed E-state index contributed by atoms with van der Waals surface area (Å²) in [5.74, 6) is -1.62. The van der Waals surface area contributed by atoms with Crippen molar-refractivity contribution in [1.29, 1.82) is 0 Å². The van der Waals surface area contributed by atoms with Crippen molar-refractivity contribution < 1.29 is 23.9 Å². The van der Waals surface area contributed by atoms with E-state index in [0.717, 1.165) is 0 Å². The number of esters is 1. The third-order valence-corrected chi connectivity index (χ3v) is 6.35. The lowest BCUT2D eigenvalue weighted by Crippen LogP contribution is -2.31. The molecule has 1 aromatic carbocycles. The molecule has 1 rings (SSSR count). The van der Waals surface area contributed by atoms with E-state index in [1.165, 1.54) is 20.9 Å². The van der Waals surface area contributed by atoms with Crippen molar-refractivity contribution in [2.45, 2.75) is 20.0 Å². The lowest BCUT2D eigenvalue weighted by molar-refractivity contribution is -0.150. The number of rotatable bonds is 5. The number of ether oxygens (including phenoxy) is 1. The maximum atomic E-state index is 12.3. The molecule has 0 aliphatic carbocycles. The van der Waals surface area contributed by atoms with Crippen LogP contribution in [0.2, 0.25) is 0 Å². The van der Waals surface area contributed by atoms with Crippen molar-refractivity contribution in [2.75, 3.05) is 12.4 Å². The van der Waals surface area contributed by atoms with Crippen molar-refractivity contribution in [2.24, 2.45) is 0 Å². The minimum absolute atomic E-state index is 0.123. The maximum absolute atomic E-state index is 12.3. The van der Waals surface area contributed by atoms with E-state index in [2.05, 4.69) is 10.6 Å². The summed E-state index contributed by atoms with van der Waals surface area (Å²) in [4.78, 5) is 47.3. The van der Waals surface area contributed by atoms with Gasteiger partial charge in [0.15, 0.2) is 6.10 Å². The predicted octanol–water partition coefficient (Wildman–Crippen LogP) is 3.13. The van der Waals surface area contributed by atoms with Gasteiger partial charge in [-0.1, -0.05) is 0 Å². The predicted molar refractivity (Wildman–Crippen MR) is 118 cm³/mol. The first-order chi connectivity index (χ1) is 11.5. The molecule has 1 atom stereocenters. The summed E-state index contributed by atoms with van der Waals surface area (Å²) in [5, 5.41) is 4.34. The molecule has 0 radical (unpaired) electrons. The Bertz CT molecular complexity index is 770. The molecule has 0 heterocycles. The monoisotopic (exact) mass is 704 g/mol. The van der Waals surface area contributed by atoms with Crippen LogP contribution < -0.4 is 10.6 Å². The van der Waals surface area contributed by atoms with E-state index >= 15 is 0 Å². The van der Waals surface area contributed by atoms with Crippen LogP contribution in [0.3, 0.4) is 0 Å². The van der Waals surface area contributed by atoms with Gasteiger partial charge in [-0.3, -0.25) is 19.2 Å². The first-order valence-corrected chi connectivity index (χ1v) is 10.2. The molecule has 1 unspecified atom stereocenters. The second-order valence-corrected chi connectivity index (χ2v) is 8.24. The topological polar surface area (TPSA) is 102 Å². The van der Waals surface area contributed by atoms with Gasteiger partial charge in [0, 0.05) is 17.5 Å². The van der Waals surface area contributed by atoms with Gasteiger partial charge in [0.2, 0.25) is 0 Å². The number of halogens is 4. The molecule has 2 amide bonds. The second kappa shape index (κ2) is 9.64. The molecule has 0 aliphatic heterocycles. The van der Waals surface area contributed by atoms with Gasteiger partial charge in [0.25, 0.3) is 17.1 Å². The van der Waals surface area contributed by atoms with Crippen LogP contribution in [0.1, 0.15) is 34.6 Å². The normalized spacial score (nSPS) is 11.5. The van der Waals surface area contributed by atoms with Gasteiger partial charge in [0.05, 0.1) is 24.0 Å². The molecule has 0 saturated heterocycles. The lowest BCUT2D eigenvalue weighted by atomic mass is 10.1. The molecule has 2 N–H and O–H groups in total. The Morgan fingerprint density at radius 3 is 2.00 bits per heavy atom. The number of amides is 2. The Hall–Kier alpha value is -0.220. The van der Waals surface area contributed by atoms with Gasteiger partial charge < -0.3 is 15.4 Å². The SMILES string of the molecule is CNC(=O)c1c(I)c(NC(=O)C(C)OC(C)=O)c(I)c(C(=O)Cl)c1I. The molecule has 0 spiro atoms. The first kappa shape index (κ1) is 22.8. The Morgan fingerprint density at radius 2 is 1.56 bits per heavy atom. The number of hydrogen-bond acceptors (Lipinski definition) is 5. The van der Waals surface area contributed by atoms with Crippen LogP contribution in [0.15, 0.2) is 0 Å². The van der Waals surface area contributed by atoms with Gasteiger partial charge >= 0.3 is 5.97 Å². The quantitative estimate of drug-likeness (QED) is 0.279. The minimum Gasteiger partial charge on any atom is -0.453 e. The highest BCUT2D eigenvalue weighted by molar-refractivity contribution is 14.1. The Labute approximate surface area is 189 Å². The van der Waals surface area contributed by atoms with Gasteiger partial charge in [-0.2, -0.15) is 0 Å². The summed E-state index contributed by atoms with van der Waals surface area (Å²) in [5.41, 5.74) is 0.606. The lowest BCUT2D eigenvalue weighted by Gasteiger charge is -2.19. The van der Waals surface area contributed by atoms with Crippen LogP contribution in [0.5, 0.6) is 0 Å². The van der Waals surface area contributed by atoms with Crippen molar-refractivity contribution >= 4 is 108 Å². The van der Waals surface area contributed by atoms with Gasteiger partial charge in [0.1, 0.15) is 0 Å². The van der Waals surface area contributed by atoms with Crippen LogP contribution in [0.25, 0.3) is 0 Å². The third kappa shape index (κ3) is 5.38. The van der Waals surface area contributed by atoms with E-state index in [0.29, 0.717) is 10.7 Å². The van der Waals surface area contributed by atoms with Gasteiger partial charge in [-0.15, -0.1) is 0 Å². The molecule has 0 fully saturated rings. The van der Waals surface area contributed by atoms with Crippen LogP contribution in [0, 0.1) is 10.7 Å². The first-order valence-electron chi connectivity index (χ1n) is 6.63. The number of carbonyl (C=O) groups excluding carboxylic acids is 4. The molecule has 7 nitrogen and oxygen atoms in total. The molecule has 0 bridgehead atoms. The fraction of sp³-hybridized carbons (Fsp3) is 0.286. The zero-order valence-electron chi connectivity index (χ0n) is 13.1. The number of nitrogens with one attached hydrogen (secondary N) is 2. The highest BCUT2D eigenvalue weighted by atomic mass is 127. The van der Waals surface area contributed by atoms with Crippen LogP contribution >= 0.6 is 79.4 Å². The molecule has 0 aliphatic rings. The molecule has 1 aromatic rings. The molecular formula is C14H12ClI3N2O5. The van der Waals surface area contributed by atoms with Gasteiger partial charge in [-0.05, 0) is 86.3 Å². The van der Waals surface area contributed by atoms with Crippen LogP contribution in [-0.2, 0) is 14.3 Å². The van der Waals surface area contributed by atoms with E-state index in [1.807, 2.05) is 67.8 Å². The fourth-order valence-corrected chi connectivity index (χ4v) is 6.72. The Balaban J connectivity index is 3.52. The van der Waals surface area contributed by atoms with Crippen molar-refractivity contribution in [3.8, 4) is 0 Å². The summed E-state index contributed by atoms with van der Waals surface area (Å²) < 4.78 is 6.05. The van der Waals surface area contributed by atoms with E-state index in [4.69, 9.17) is 16.3 Å². The van der Waals surface area contributed by atoms with E-state index in [-0.39, 0.29) is 16.8 Å². The zero-order valence-corrected chi connectivity index (χ0v) is 20.4. The number of benzene rings is 1. The highest BCUT2D eigenvalue weighted by Crippen LogP contribution is 2.36. The summed E-state index contributed by atoms with van der Waals surface area (Å²) >= 11 is 11.3. The maximum Gasteiger partial charge on any atom is 0.303 e. The second-order valence-electron chi connectivity index (χ2n) is 4.66. The van der Waals surface area contributed by atoms with Crippen LogP contribution in [0.4, 0.5) is 5.69 Å². The largest absolute Gasteiger partial charge is 0.453 e. The van der Waals surface area contributed by atoms with Crippen molar-refractivity contribution in [3.63, 3.8) is 0 Å². The smallest absolute Gasteiger partial charge is 0.303 e. The molecule has 25 heavy (non-hydrogen) atoms. The number of hydrogen-bond donors (Lipinski definition) is 2. The molecule has 136 valence electrons. The summed E-state index contributed by atoms with van der Waals surface area (Å²) in [6, 6.07) is 0. The van der Waals surface area contributed by atoms with Crippen molar-refractivity contribution in [3.05, 3.63) is 21.8 Å². The average Bonchev–Trinajstić information content (AvgIpc) is 2.49. The Kier molecular flexibility index (Phi) is 8.80. The summed E-state index contributed by atoms with van der Waals surface area (Å²) in [6.45, 7) is 2.60. The average molecular weight is 704 g/mol. The van der Waals surface area contributed by atoms with Crippen molar-refractivity contribution in [1.82, 2.24) is 5.32 Å². The van der Waals surface area contributed by atoms with Crippen LogP contribution in [-0.4, -0.2) is 36.2 Å². The fourth-order valence-electron chi connectivity index (χ4n) is 1.80. The third-order valence-electron chi connectivity index (χ3n) is 2.93. The zero-order chi connectivity index (χ0) is 19.5. The van der Waals surface area contributed by atoms with Gasteiger partial charge in [-0.25, -0.2) is 0 Å². The molecular weight excluding hydrogens is 692 g/mol. The molecule has 11 heteroatoms. The standard InChI is InChI=1S/C14H12ClI3N2O5/c1-4(25-5(2)21)13(23)20-11-9(17)6(12(15)22)8(16)7(10(11)18)14(24)19-3/h4H,1-3H3,(H,19,24)(H,20,23). The molecule has 0 aromatic heterocycles. The summed E-state index contributed by atoms with van der Waals surface area (Å²) in [7, 11) is 1.45. The number of anilines is 1. The van der Waals surface area contributed by atoms with E-state index < -0.39 is 29.1 Å². The minimum atomic E-state index is -1.04. The molecule has 0 saturated carbocycles. The summed E-state index contributed by atoms with van der Waals surface area (Å²) in [6.07, 6.45) is -1.04.